The third-order valence-electron chi connectivity index (χ3n) is 4.90. The quantitative estimate of drug-likeness (QED) is 0.903. The lowest BCUT2D eigenvalue weighted by molar-refractivity contribution is -0.146. The standard InChI is InChI=1S/C18H27N3O2/c1-20(18(22)17-13-19-9-12-23-17)16-7-10-21(11-8-16)14-15-5-3-2-4-6-15/h2-6,16-17,19H,7-14H2,1H3. The van der Waals surface area contributed by atoms with Crippen LogP contribution in [0, 0.1) is 0 Å². The maximum absolute atomic E-state index is 12.5. The van der Waals surface area contributed by atoms with Crippen molar-refractivity contribution in [2.75, 3.05) is 39.8 Å². The third kappa shape index (κ3) is 4.31. The zero-order valence-corrected chi connectivity index (χ0v) is 13.9. The van der Waals surface area contributed by atoms with E-state index in [9.17, 15) is 4.79 Å². The fourth-order valence-corrected chi connectivity index (χ4v) is 3.44. The van der Waals surface area contributed by atoms with Gasteiger partial charge in [-0.05, 0) is 18.4 Å². The molecule has 2 aliphatic heterocycles. The average molecular weight is 317 g/mol. The number of carbonyl (C=O) groups is 1. The molecule has 126 valence electrons. The van der Waals surface area contributed by atoms with Gasteiger partial charge in [0.25, 0.3) is 5.91 Å². The van der Waals surface area contributed by atoms with Crippen LogP contribution >= 0.6 is 0 Å². The molecule has 1 N–H and O–H groups in total. The van der Waals surface area contributed by atoms with Gasteiger partial charge in [0.2, 0.25) is 0 Å². The number of nitrogens with zero attached hydrogens (tertiary/aromatic N) is 2. The number of carbonyl (C=O) groups excluding carboxylic acids is 1. The molecule has 2 aliphatic rings. The first kappa shape index (κ1) is 16.4. The predicted molar refractivity (Wildman–Crippen MR) is 90.1 cm³/mol. The number of likely N-dealkylation sites (tertiary alicyclic amines) is 1. The molecule has 0 radical (unpaired) electrons. The second kappa shape index (κ2) is 7.90. The summed E-state index contributed by atoms with van der Waals surface area (Å²) in [5, 5.41) is 3.23. The first-order chi connectivity index (χ1) is 11.2. The molecule has 0 aromatic heterocycles. The number of nitrogens with one attached hydrogen (secondary N) is 1. The minimum Gasteiger partial charge on any atom is -0.366 e. The summed E-state index contributed by atoms with van der Waals surface area (Å²) in [4.78, 5) is 16.9. The van der Waals surface area contributed by atoms with Gasteiger partial charge in [0, 0.05) is 45.8 Å². The molecule has 23 heavy (non-hydrogen) atoms. The Hall–Kier alpha value is -1.43. The minimum atomic E-state index is -0.309. The van der Waals surface area contributed by atoms with E-state index >= 15 is 0 Å². The molecule has 2 heterocycles. The first-order valence-electron chi connectivity index (χ1n) is 8.59. The van der Waals surface area contributed by atoms with E-state index in [0.29, 0.717) is 19.2 Å². The maximum atomic E-state index is 12.5. The van der Waals surface area contributed by atoms with Crippen LogP contribution in [0.25, 0.3) is 0 Å². The summed E-state index contributed by atoms with van der Waals surface area (Å²) in [6, 6.07) is 10.9. The molecule has 2 saturated heterocycles. The lowest BCUT2D eigenvalue weighted by Gasteiger charge is -2.38. The maximum Gasteiger partial charge on any atom is 0.253 e. The summed E-state index contributed by atoms with van der Waals surface area (Å²) in [6.07, 6.45) is 1.76. The Balaban J connectivity index is 1.47. The summed E-state index contributed by atoms with van der Waals surface area (Å²) in [7, 11) is 1.93. The van der Waals surface area contributed by atoms with E-state index in [1.165, 1.54) is 5.56 Å². The van der Waals surface area contributed by atoms with Crippen LogP contribution in [0.2, 0.25) is 0 Å². The molecule has 0 spiro atoms. The molecule has 5 nitrogen and oxygen atoms in total. The fraction of sp³-hybridized carbons (Fsp3) is 0.611. The van der Waals surface area contributed by atoms with Crippen LogP contribution in [0.4, 0.5) is 0 Å². The van der Waals surface area contributed by atoms with Crippen molar-refractivity contribution >= 4 is 5.91 Å². The summed E-state index contributed by atoms with van der Waals surface area (Å²) >= 11 is 0. The second-order valence-corrected chi connectivity index (χ2v) is 6.51. The molecular weight excluding hydrogens is 290 g/mol. The Morgan fingerprint density at radius 3 is 2.70 bits per heavy atom. The van der Waals surface area contributed by atoms with E-state index in [1.807, 2.05) is 11.9 Å². The highest BCUT2D eigenvalue weighted by Gasteiger charge is 2.30. The Kier molecular flexibility index (Phi) is 5.65. The number of likely N-dealkylation sites (N-methyl/N-ethyl adjacent to an activating group) is 1. The number of hydrogen-bond donors (Lipinski definition) is 1. The van der Waals surface area contributed by atoms with E-state index < -0.39 is 0 Å². The molecule has 2 fully saturated rings. The van der Waals surface area contributed by atoms with Gasteiger partial charge in [-0.1, -0.05) is 30.3 Å². The Bertz CT molecular complexity index is 494. The zero-order valence-electron chi connectivity index (χ0n) is 13.9. The van der Waals surface area contributed by atoms with Crippen LogP contribution in [-0.4, -0.2) is 67.7 Å². The van der Waals surface area contributed by atoms with Gasteiger partial charge in [-0.25, -0.2) is 0 Å². The SMILES string of the molecule is CN(C(=O)C1CNCCO1)C1CCN(Cc2ccccc2)CC1. The van der Waals surface area contributed by atoms with Gasteiger partial charge in [0.05, 0.1) is 6.61 Å². The Labute approximate surface area is 138 Å². The highest BCUT2D eigenvalue weighted by atomic mass is 16.5. The average Bonchev–Trinajstić information content (AvgIpc) is 2.63. The molecule has 1 amide bonds. The third-order valence-corrected chi connectivity index (χ3v) is 4.90. The topological polar surface area (TPSA) is 44.8 Å². The lowest BCUT2D eigenvalue weighted by Crippen LogP contribution is -2.53. The monoisotopic (exact) mass is 317 g/mol. The van der Waals surface area contributed by atoms with Gasteiger partial charge in [0.1, 0.15) is 6.10 Å². The van der Waals surface area contributed by atoms with Crippen LogP contribution < -0.4 is 5.32 Å². The Morgan fingerprint density at radius 2 is 2.04 bits per heavy atom. The molecule has 1 atom stereocenters. The number of amides is 1. The molecule has 0 saturated carbocycles. The summed E-state index contributed by atoms with van der Waals surface area (Å²) in [5.74, 6) is 0.124. The molecule has 3 rings (SSSR count). The number of piperidine rings is 1. The number of hydrogen-bond acceptors (Lipinski definition) is 4. The summed E-state index contributed by atoms with van der Waals surface area (Å²) < 4.78 is 5.59. The van der Waals surface area contributed by atoms with E-state index in [1.54, 1.807) is 0 Å². The molecule has 5 heteroatoms. The highest BCUT2D eigenvalue weighted by Crippen LogP contribution is 2.18. The summed E-state index contributed by atoms with van der Waals surface area (Å²) in [6.45, 7) is 5.18. The van der Waals surface area contributed by atoms with Crippen LogP contribution in [0.3, 0.4) is 0 Å². The van der Waals surface area contributed by atoms with Crippen LogP contribution in [0.1, 0.15) is 18.4 Å². The lowest BCUT2D eigenvalue weighted by atomic mass is 10.0. The number of morpholine rings is 1. The number of ether oxygens (including phenoxy) is 1. The molecule has 0 aliphatic carbocycles. The predicted octanol–water partition coefficient (Wildman–Crippen LogP) is 1.10. The van der Waals surface area contributed by atoms with Gasteiger partial charge in [-0.3, -0.25) is 9.69 Å². The van der Waals surface area contributed by atoms with Gasteiger partial charge in [-0.2, -0.15) is 0 Å². The van der Waals surface area contributed by atoms with Crippen molar-refractivity contribution in [2.45, 2.75) is 31.5 Å². The molecule has 1 aromatic carbocycles. The fourth-order valence-electron chi connectivity index (χ4n) is 3.44. The minimum absolute atomic E-state index is 0.124. The van der Waals surface area contributed by atoms with Crippen LogP contribution in [0.15, 0.2) is 30.3 Å². The van der Waals surface area contributed by atoms with Crippen molar-refractivity contribution in [3.05, 3.63) is 35.9 Å². The van der Waals surface area contributed by atoms with Crippen molar-refractivity contribution in [2.24, 2.45) is 0 Å². The smallest absolute Gasteiger partial charge is 0.253 e. The highest BCUT2D eigenvalue weighted by molar-refractivity contribution is 5.81. The number of rotatable bonds is 4. The normalized spacial score (nSPS) is 23.6. The second-order valence-electron chi connectivity index (χ2n) is 6.51. The van der Waals surface area contributed by atoms with Gasteiger partial charge in [-0.15, -0.1) is 0 Å². The molecular formula is C18H27N3O2. The largest absolute Gasteiger partial charge is 0.366 e. The van der Waals surface area contributed by atoms with Crippen molar-refractivity contribution in [1.82, 2.24) is 15.1 Å². The Morgan fingerprint density at radius 1 is 1.30 bits per heavy atom. The molecule has 1 aromatic rings. The molecule has 1 unspecified atom stereocenters. The first-order valence-corrected chi connectivity index (χ1v) is 8.59. The van der Waals surface area contributed by atoms with Gasteiger partial charge in [0.15, 0.2) is 0 Å². The van der Waals surface area contributed by atoms with E-state index in [4.69, 9.17) is 4.74 Å². The van der Waals surface area contributed by atoms with Gasteiger partial charge < -0.3 is 15.0 Å². The van der Waals surface area contributed by atoms with Crippen molar-refractivity contribution in [1.29, 1.82) is 0 Å². The zero-order chi connectivity index (χ0) is 16.1. The summed E-state index contributed by atoms with van der Waals surface area (Å²) in [5.41, 5.74) is 1.36. The van der Waals surface area contributed by atoms with Crippen LogP contribution in [0.5, 0.6) is 0 Å². The van der Waals surface area contributed by atoms with Crippen LogP contribution in [-0.2, 0) is 16.1 Å². The number of benzene rings is 1. The van der Waals surface area contributed by atoms with E-state index in [0.717, 1.165) is 39.0 Å². The van der Waals surface area contributed by atoms with E-state index in [-0.39, 0.29) is 12.0 Å². The van der Waals surface area contributed by atoms with Crippen molar-refractivity contribution in [3.63, 3.8) is 0 Å². The van der Waals surface area contributed by atoms with Crippen molar-refractivity contribution in [3.8, 4) is 0 Å². The van der Waals surface area contributed by atoms with E-state index in [2.05, 4.69) is 40.5 Å². The van der Waals surface area contributed by atoms with Crippen molar-refractivity contribution < 1.29 is 9.53 Å². The molecule has 0 bridgehead atoms. The van der Waals surface area contributed by atoms with Gasteiger partial charge >= 0.3 is 0 Å².